The third-order valence-electron chi connectivity index (χ3n) is 3.22. The number of alkyl halides is 4. The summed E-state index contributed by atoms with van der Waals surface area (Å²) in [5.41, 5.74) is 5.87. The van der Waals surface area contributed by atoms with E-state index in [-0.39, 0.29) is 24.0 Å². The van der Waals surface area contributed by atoms with E-state index in [9.17, 15) is 22.0 Å². The zero-order valence-electron chi connectivity index (χ0n) is 13.9. The van der Waals surface area contributed by atoms with Crippen LogP contribution in [-0.4, -0.2) is 16.6 Å². The molecule has 0 saturated carbocycles. The second kappa shape index (κ2) is 8.52. The van der Waals surface area contributed by atoms with E-state index in [1.807, 2.05) is 0 Å². The topological polar surface area (TPSA) is 83.2 Å². The lowest BCUT2D eigenvalue weighted by molar-refractivity contribution is 0.0138. The van der Waals surface area contributed by atoms with Gasteiger partial charge in [-0.1, -0.05) is 0 Å². The maximum Gasteiger partial charge on any atom is 0.317 e. The highest BCUT2D eigenvalue weighted by molar-refractivity contribution is 5.49. The van der Waals surface area contributed by atoms with Crippen LogP contribution < -0.4 is 10.1 Å². The van der Waals surface area contributed by atoms with Gasteiger partial charge in [0.1, 0.15) is 23.8 Å². The van der Waals surface area contributed by atoms with Crippen LogP contribution in [0.25, 0.3) is 0 Å². The highest BCUT2D eigenvalue weighted by atomic mass is 19.3. The zero-order chi connectivity index (χ0) is 20.0. The Morgan fingerprint density at radius 1 is 1.37 bits per heavy atom. The van der Waals surface area contributed by atoms with Crippen molar-refractivity contribution in [2.75, 3.05) is 11.9 Å². The van der Waals surface area contributed by atoms with Crippen LogP contribution in [0.5, 0.6) is 6.01 Å². The fourth-order valence-electron chi connectivity index (χ4n) is 1.91. The number of halogens is 5. The molecule has 1 heterocycles. The smallest absolute Gasteiger partial charge is 0.317 e. The molecular weight excluding hydrogens is 373 g/mol. The Labute approximate surface area is 150 Å². The van der Waals surface area contributed by atoms with Crippen molar-refractivity contribution >= 4 is 5.69 Å². The Morgan fingerprint density at radius 2 is 2.11 bits per heavy atom. The van der Waals surface area contributed by atoms with Crippen molar-refractivity contribution in [2.24, 2.45) is 5.11 Å². The molecule has 2 N–H and O–H groups in total. The van der Waals surface area contributed by atoms with Crippen molar-refractivity contribution in [3.63, 3.8) is 0 Å². The molecule has 11 heteroatoms. The predicted molar refractivity (Wildman–Crippen MR) is 85.3 cm³/mol. The summed E-state index contributed by atoms with van der Waals surface area (Å²) in [7, 11) is 0. The van der Waals surface area contributed by atoms with Gasteiger partial charge in [0.05, 0.1) is 5.56 Å². The fourth-order valence-corrected chi connectivity index (χ4v) is 1.91. The maximum absolute atomic E-state index is 13.5. The molecule has 27 heavy (non-hydrogen) atoms. The molecule has 1 aromatic carbocycles. The molecule has 0 amide bonds. The van der Waals surface area contributed by atoms with Crippen LogP contribution in [-0.2, 0) is 5.92 Å². The van der Waals surface area contributed by atoms with E-state index in [1.54, 1.807) is 0 Å². The van der Waals surface area contributed by atoms with Gasteiger partial charge in [-0.05, 0) is 24.3 Å². The highest BCUT2D eigenvalue weighted by Gasteiger charge is 2.28. The minimum absolute atomic E-state index is 0.0183. The van der Waals surface area contributed by atoms with Crippen molar-refractivity contribution in [2.45, 2.75) is 19.3 Å². The molecule has 2 aromatic rings. The van der Waals surface area contributed by atoms with Gasteiger partial charge in [0.15, 0.2) is 0 Å². The number of nitrogens with one attached hydrogen (secondary N) is 2. The molecule has 0 aliphatic carbocycles. The van der Waals surface area contributed by atoms with Crippen molar-refractivity contribution < 1.29 is 26.7 Å². The van der Waals surface area contributed by atoms with E-state index in [4.69, 9.17) is 10.3 Å². The minimum atomic E-state index is -3.37. The van der Waals surface area contributed by atoms with E-state index in [1.165, 1.54) is 6.07 Å². The first-order chi connectivity index (χ1) is 12.7. The molecule has 2 rings (SSSR count). The van der Waals surface area contributed by atoms with Crippen LogP contribution in [0, 0.1) is 11.3 Å². The quantitative estimate of drug-likeness (QED) is 0.492. The van der Waals surface area contributed by atoms with Crippen molar-refractivity contribution in [1.82, 2.24) is 9.97 Å². The lowest BCUT2D eigenvalue weighted by atomic mass is 10.1. The number of nitrogens with zero attached hydrogens (tertiary/aromatic N) is 3. The molecule has 0 spiro atoms. The average Bonchev–Trinajstić information content (AvgIpc) is 2.62. The molecule has 0 fully saturated rings. The molecule has 0 aliphatic rings. The molecule has 0 saturated heterocycles. The summed E-state index contributed by atoms with van der Waals surface area (Å²) in [5.74, 6) is -4.42. The van der Waals surface area contributed by atoms with Crippen molar-refractivity contribution in [3.8, 4) is 6.01 Å². The normalized spacial score (nSPS) is 12.2. The van der Waals surface area contributed by atoms with E-state index >= 15 is 0 Å². The molecule has 6 nitrogen and oxygen atoms in total. The second-order valence-corrected chi connectivity index (χ2v) is 5.33. The monoisotopic (exact) mass is 387 g/mol. The third-order valence-corrected chi connectivity index (χ3v) is 3.22. The van der Waals surface area contributed by atoms with Gasteiger partial charge in [-0.15, -0.1) is 0 Å². The molecule has 1 aromatic heterocycles. The molecule has 0 aliphatic heterocycles. The first kappa shape index (κ1) is 20.2. The Balaban J connectivity index is 2.07. The molecule has 0 radical (unpaired) electrons. The largest absolute Gasteiger partial charge is 0.457 e. The third kappa shape index (κ3) is 5.69. The van der Waals surface area contributed by atoms with Gasteiger partial charge in [0.25, 0.3) is 12.3 Å². The molecule has 0 bridgehead atoms. The van der Waals surface area contributed by atoms with Gasteiger partial charge < -0.3 is 10.1 Å². The standard InChI is InChI=1S/C16H14F5N5O/c1-16(20,21)11-6-9(2-3-12(11)17)24-7-10(26-22)8-27-15-23-5-4-13(25-15)14(18)19/h2-7,14,22,24H,8H2,1H3/b10-7-,26-22?. The Morgan fingerprint density at radius 3 is 2.74 bits per heavy atom. The highest BCUT2D eigenvalue weighted by Crippen LogP contribution is 2.31. The maximum atomic E-state index is 13.5. The summed E-state index contributed by atoms with van der Waals surface area (Å²) in [4.78, 5) is 7.14. The number of rotatable bonds is 8. The molecule has 144 valence electrons. The summed E-state index contributed by atoms with van der Waals surface area (Å²) in [6, 6.07) is 3.71. The predicted octanol–water partition coefficient (Wildman–Crippen LogP) is 5.03. The summed E-state index contributed by atoms with van der Waals surface area (Å²) in [6.07, 6.45) is -0.541. The van der Waals surface area contributed by atoms with Gasteiger partial charge in [-0.3, -0.25) is 0 Å². The van der Waals surface area contributed by atoms with Gasteiger partial charge in [0.2, 0.25) is 0 Å². The van der Waals surface area contributed by atoms with E-state index in [2.05, 4.69) is 20.4 Å². The van der Waals surface area contributed by atoms with E-state index in [0.717, 1.165) is 30.6 Å². The Bertz CT molecular complexity index is 838. The SMILES string of the molecule is CC(F)(F)c1cc(N/C=C(/COc2nccc(C(F)F)n2)N=N)ccc1F. The van der Waals surface area contributed by atoms with Crippen molar-refractivity contribution in [3.05, 3.63) is 59.4 Å². The summed E-state index contributed by atoms with van der Waals surface area (Å²) < 4.78 is 70.4. The number of ether oxygens (including phenoxy) is 1. The minimum Gasteiger partial charge on any atom is -0.457 e. The number of hydrogen-bond donors (Lipinski definition) is 2. The number of benzene rings is 1. The van der Waals surface area contributed by atoms with Crippen LogP contribution in [0.4, 0.5) is 27.6 Å². The van der Waals surface area contributed by atoms with E-state index in [0.29, 0.717) is 6.92 Å². The number of hydrogen-bond acceptors (Lipinski definition) is 6. The van der Waals surface area contributed by atoms with E-state index < -0.39 is 29.4 Å². The average molecular weight is 387 g/mol. The molecular formula is C16H14F5N5O. The molecule has 0 unspecified atom stereocenters. The van der Waals surface area contributed by atoms with Crippen LogP contribution in [0.1, 0.15) is 24.6 Å². The van der Waals surface area contributed by atoms with Crippen molar-refractivity contribution in [1.29, 1.82) is 5.53 Å². The lowest BCUT2D eigenvalue weighted by Gasteiger charge is -2.13. The van der Waals surface area contributed by atoms with Crippen LogP contribution in [0.3, 0.4) is 0 Å². The van der Waals surface area contributed by atoms with Gasteiger partial charge in [-0.25, -0.2) is 32.5 Å². The first-order valence-electron chi connectivity index (χ1n) is 7.45. The van der Waals surface area contributed by atoms with Crippen LogP contribution in [0.2, 0.25) is 0 Å². The summed E-state index contributed by atoms with van der Waals surface area (Å²) in [6.45, 7) is 0.220. The van der Waals surface area contributed by atoms with Gasteiger partial charge >= 0.3 is 6.01 Å². The number of aromatic nitrogens is 2. The zero-order valence-corrected chi connectivity index (χ0v) is 13.9. The molecule has 0 atom stereocenters. The second-order valence-electron chi connectivity index (χ2n) is 5.33. The lowest BCUT2D eigenvalue weighted by Crippen LogP contribution is -2.10. The Hall–Kier alpha value is -3.11. The fraction of sp³-hybridized carbons (Fsp3) is 0.250. The first-order valence-corrected chi connectivity index (χ1v) is 7.45. The van der Waals surface area contributed by atoms with Gasteiger partial charge in [-0.2, -0.15) is 10.1 Å². The summed E-state index contributed by atoms with van der Waals surface area (Å²) >= 11 is 0. The van der Waals surface area contributed by atoms with Crippen LogP contribution >= 0.6 is 0 Å². The van der Waals surface area contributed by atoms with Gasteiger partial charge in [0, 0.05) is 25.0 Å². The van der Waals surface area contributed by atoms with Crippen LogP contribution in [0.15, 0.2) is 47.5 Å². The Kier molecular flexibility index (Phi) is 6.37. The number of anilines is 1. The summed E-state index contributed by atoms with van der Waals surface area (Å²) in [5, 5.41) is 5.75.